The highest BCUT2D eigenvalue weighted by Gasteiger charge is 2.15. The van der Waals surface area contributed by atoms with Gasteiger partial charge < -0.3 is 4.74 Å². The van der Waals surface area contributed by atoms with Crippen LogP contribution in [0.5, 0.6) is 0 Å². The second-order valence-electron chi connectivity index (χ2n) is 4.31. The van der Waals surface area contributed by atoms with Crippen molar-refractivity contribution >= 4 is 22.6 Å². The number of aromatic nitrogens is 2. The number of hydrogen-bond donors (Lipinski definition) is 0. The summed E-state index contributed by atoms with van der Waals surface area (Å²) in [6.07, 6.45) is 0. The van der Waals surface area contributed by atoms with Crippen LogP contribution in [0.2, 0.25) is 0 Å². The highest BCUT2D eigenvalue weighted by Crippen LogP contribution is 2.17. The summed E-state index contributed by atoms with van der Waals surface area (Å²) in [4.78, 5) is 38.2. The van der Waals surface area contributed by atoms with Crippen LogP contribution in [0.1, 0.15) is 12.7 Å². The van der Waals surface area contributed by atoms with E-state index in [1.165, 1.54) is 12.1 Å². The zero-order valence-corrected chi connectivity index (χ0v) is 11.5. The smallest absolute Gasteiger partial charge is 0.326 e. The summed E-state index contributed by atoms with van der Waals surface area (Å²) in [6.45, 7) is 3.18. The molecule has 0 unspecified atom stereocenters. The van der Waals surface area contributed by atoms with Gasteiger partial charge in [0.05, 0.1) is 22.4 Å². The topological polar surface area (TPSA) is 104 Å². The van der Waals surface area contributed by atoms with Crippen molar-refractivity contribution in [2.24, 2.45) is 0 Å². The molecular weight excluding hydrogens is 278 g/mol. The maximum absolute atomic E-state index is 12.4. The fourth-order valence-corrected chi connectivity index (χ4v) is 1.96. The van der Waals surface area contributed by atoms with E-state index in [0.717, 1.165) is 10.6 Å². The predicted octanol–water partition coefficient (Wildman–Crippen LogP) is 1.18. The van der Waals surface area contributed by atoms with Gasteiger partial charge in [0.1, 0.15) is 12.4 Å². The van der Waals surface area contributed by atoms with Crippen molar-refractivity contribution in [1.29, 1.82) is 0 Å². The van der Waals surface area contributed by atoms with Gasteiger partial charge in [-0.05, 0) is 19.9 Å². The Labute approximate surface area is 119 Å². The van der Waals surface area contributed by atoms with Gasteiger partial charge in [0.15, 0.2) is 0 Å². The molecule has 1 aromatic heterocycles. The van der Waals surface area contributed by atoms with E-state index >= 15 is 0 Å². The Bertz CT molecular complexity index is 781. The van der Waals surface area contributed by atoms with E-state index < -0.39 is 16.5 Å². The number of carbonyl (C=O) groups is 1. The van der Waals surface area contributed by atoms with E-state index in [0.29, 0.717) is 11.3 Å². The molecule has 8 heteroatoms. The van der Waals surface area contributed by atoms with E-state index in [-0.39, 0.29) is 24.2 Å². The lowest BCUT2D eigenvalue weighted by atomic mass is 10.2. The van der Waals surface area contributed by atoms with E-state index in [9.17, 15) is 19.7 Å². The van der Waals surface area contributed by atoms with E-state index in [4.69, 9.17) is 4.74 Å². The molecule has 8 nitrogen and oxygen atoms in total. The maximum Gasteiger partial charge on any atom is 0.326 e. The van der Waals surface area contributed by atoms with Gasteiger partial charge in [0, 0.05) is 12.1 Å². The summed E-state index contributed by atoms with van der Waals surface area (Å²) in [6, 6.07) is 3.85. The SMILES string of the molecule is CCOC(=O)Cn1c(C)nc2ccc([N+](=O)[O-])cc2c1=O. The van der Waals surface area contributed by atoms with Crippen molar-refractivity contribution in [1.82, 2.24) is 9.55 Å². The summed E-state index contributed by atoms with van der Waals surface area (Å²) in [5, 5.41) is 10.9. The number of esters is 1. The fourth-order valence-electron chi connectivity index (χ4n) is 1.96. The third-order valence-electron chi connectivity index (χ3n) is 2.93. The van der Waals surface area contributed by atoms with Gasteiger partial charge in [-0.15, -0.1) is 0 Å². The monoisotopic (exact) mass is 291 g/mol. The number of hydrogen-bond acceptors (Lipinski definition) is 6. The van der Waals surface area contributed by atoms with Crippen molar-refractivity contribution < 1.29 is 14.5 Å². The second-order valence-corrected chi connectivity index (χ2v) is 4.31. The summed E-state index contributed by atoms with van der Waals surface area (Å²) in [7, 11) is 0. The Kier molecular flexibility index (Phi) is 3.97. The molecule has 0 bridgehead atoms. The van der Waals surface area contributed by atoms with Crippen LogP contribution in [-0.4, -0.2) is 27.1 Å². The van der Waals surface area contributed by atoms with Gasteiger partial charge >= 0.3 is 5.97 Å². The lowest BCUT2D eigenvalue weighted by Gasteiger charge is -2.09. The van der Waals surface area contributed by atoms with Crippen LogP contribution in [0, 0.1) is 17.0 Å². The van der Waals surface area contributed by atoms with Crippen molar-refractivity contribution in [3.8, 4) is 0 Å². The molecule has 0 aliphatic heterocycles. The number of rotatable bonds is 4. The van der Waals surface area contributed by atoms with Gasteiger partial charge in [-0.2, -0.15) is 0 Å². The van der Waals surface area contributed by atoms with Crippen LogP contribution in [0.25, 0.3) is 10.9 Å². The first-order chi connectivity index (χ1) is 9.93. The average molecular weight is 291 g/mol. The zero-order valence-electron chi connectivity index (χ0n) is 11.5. The molecule has 0 radical (unpaired) electrons. The number of fused-ring (bicyclic) bond motifs is 1. The second kappa shape index (κ2) is 5.70. The van der Waals surface area contributed by atoms with Crippen LogP contribution in [0.15, 0.2) is 23.0 Å². The third-order valence-corrected chi connectivity index (χ3v) is 2.93. The summed E-state index contributed by atoms with van der Waals surface area (Å²) >= 11 is 0. The van der Waals surface area contributed by atoms with Crippen molar-refractivity contribution in [2.45, 2.75) is 20.4 Å². The standard InChI is InChI=1S/C13H13N3O5/c1-3-21-12(17)7-15-8(2)14-11-5-4-9(16(19)20)6-10(11)13(15)18/h4-6H,3,7H2,1-2H3. The van der Waals surface area contributed by atoms with Gasteiger partial charge in [-0.1, -0.05) is 0 Å². The molecule has 0 atom stereocenters. The van der Waals surface area contributed by atoms with Crippen molar-refractivity contribution in [2.75, 3.05) is 6.61 Å². The van der Waals surface area contributed by atoms with Gasteiger partial charge in [0.25, 0.3) is 11.2 Å². The molecule has 21 heavy (non-hydrogen) atoms. The first-order valence-electron chi connectivity index (χ1n) is 6.25. The van der Waals surface area contributed by atoms with Crippen molar-refractivity contribution in [3.05, 3.63) is 44.5 Å². The molecule has 0 N–H and O–H groups in total. The highest BCUT2D eigenvalue weighted by atomic mass is 16.6. The highest BCUT2D eigenvalue weighted by molar-refractivity contribution is 5.80. The molecule has 2 rings (SSSR count). The Morgan fingerprint density at radius 3 is 2.81 bits per heavy atom. The third kappa shape index (κ3) is 2.88. The number of nitrogens with zero attached hydrogens (tertiary/aromatic N) is 3. The minimum Gasteiger partial charge on any atom is -0.465 e. The molecule has 0 saturated heterocycles. The molecule has 0 aliphatic rings. The van der Waals surface area contributed by atoms with E-state index in [1.54, 1.807) is 13.8 Å². The average Bonchev–Trinajstić information content (AvgIpc) is 2.43. The number of ether oxygens (including phenoxy) is 1. The lowest BCUT2D eigenvalue weighted by Crippen LogP contribution is -2.28. The number of aryl methyl sites for hydroxylation is 1. The zero-order chi connectivity index (χ0) is 15.6. The van der Waals surface area contributed by atoms with Gasteiger partial charge in [0.2, 0.25) is 0 Å². The van der Waals surface area contributed by atoms with Gasteiger partial charge in [-0.3, -0.25) is 24.3 Å². The molecule has 0 spiro atoms. The van der Waals surface area contributed by atoms with E-state index in [2.05, 4.69) is 4.98 Å². The van der Waals surface area contributed by atoms with Gasteiger partial charge in [-0.25, -0.2) is 4.98 Å². The molecule has 110 valence electrons. The summed E-state index contributed by atoms with van der Waals surface area (Å²) < 4.78 is 5.94. The molecule has 1 heterocycles. The quantitative estimate of drug-likeness (QED) is 0.476. The fraction of sp³-hybridized carbons (Fsp3) is 0.308. The Balaban J connectivity index is 2.59. The largest absolute Gasteiger partial charge is 0.465 e. The Morgan fingerprint density at radius 2 is 2.19 bits per heavy atom. The number of nitro benzene ring substituents is 1. The number of benzene rings is 1. The molecule has 0 amide bonds. The lowest BCUT2D eigenvalue weighted by molar-refractivity contribution is -0.384. The molecule has 0 fully saturated rings. The number of non-ortho nitro benzene ring substituents is 1. The first kappa shape index (κ1) is 14.6. The minimum atomic E-state index is -0.589. The summed E-state index contributed by atoms with van der Waals surface area (Å²) in [5.41, 5.74) is -0.356. The van der Waals surface area contributed by atoms with Crippen LogP contribution < -0.4 is 5.56 Å². The predicted molar refractivity (Wildman–Crippen MR) is 74.0 cm³/mol. The van der Waals surface area contributed by atoms with Crippen LogP contribution >= 0.6 is 0 Å². The summed E-state index contributed by atoms with van der Waals surface area (Å²) in [5.74, 6) is -0.219. The maximum atomic E-state index is 12.4. The molecule has 1 aromatic carbocycles. The van der Waals surface area contributed by atoms with Crippen molar-refractivity contribution in [3.63, 3.8) is 0 Å². The van der Waals surface area contributed by atoms with E-state index in [1.807, 2.05) is 0 Å². The van der Waals surface area contributed by atoms with Crippen LogP contribution in [0.3, 0.4) is 0 Å². The Morgan fingerprint density at radius 1 is 1.48 bits per heavy atom. The minimum absolute atomic E-state index is 0.0964. The Hall–Kier alpha value is -2.77. The molecule has 0 saturated carbocycles. The normalized spacial score (nSPS) is 10.6. The molecule has 2 aromatic rings. The first-order valence-corrected chi connectivity index (χ1v) is 6.25. The molecule has 0 aliphatic carbocycles. The number of nitro groups is 1. The van der Waals surface area contributed by atoms with Crippen LogP contribution in [-0.2, 0) is 16.1 Å². The molecular formula is C13H13N3O5. The van der Waals surface area contributed by atoms with Crippen LogP contribution in [0.4, 0.5) is 5.69 Å². The number of carbonyl (C=O) groups excluding carboxylic acids is 1.